The fraction of sp³-hybridized carbons (Fsp3) is 0.638. The summed E-state index contributed by atoms with van der Waals surface area (Å²) in [6, 6.07) is 4.71. The molecule has 2 bridgehead atoms. The molecule has 3 aromatic rings. The highest BCUT2D eigenvalue weighted by Crippen LogP contribution is 2.73. The van der Waals surface area contributed by atoms with Gasteiger partial charge in [0, 0.05) is 41.7 Å². The molecule has 0 unspecified atom stereocenters. The molecule has 10 heteroatoms. The third-order valence-electron chi connectivity index (χ3n) is 16.5. The van der Waals surface area contributed by atoms with Crippen LogP contribution in [0.1, 0.15) is 104 Å². The monoisotopic (exact) mass is 782 g/mol. The van der Waals surface area contributed by atoms with Gasteiger partial charge in [-0.1, -0.05) is 59.8 Å². The second kappa shape index (κ2) is 13.0. The molecule has 5 fully saturated rings. The molecule has 2 aromatic carbocycles. The van der Waals surface area contributed by atoms with Crippen molar-refractivity contribution in [2.75, 3.05) is 14.2 Å². The van der Waals surface area contributed by atoms with Gasteiger partial charge in [0.05, 0.1) is 26.2 Å². The number of phenolic OH excluding ortho intramolecular Hbond substituents is 1. The minimum atomic E-state index is -0.618. The molecule has 2 spiro atoms. The summed E-state index contributed by atoms with van der Waals surface area (Å²) in [5, 5.41) is 11.0. The van der Waals surface area contributed by atoms with Crippen LogP contribution in [-0.2, 0) is 19.2 Å². The minimum absolute atomic E-state index is 0.0370. The number of benzene rings is 2. The van der Waals surface area contributed by atoms with Crippen molar-refractivity contribution in [3.05, 3.63) is 58.3 Å². The standard InChI is InChI=1S/C47H58O10/c1-24(2)25(3)9-10-26(4)29-11-14-34-44(29,5)17-16-35-45(6)18-15-27(23-46(45)19-20-47(34,35)57-56-46)52-36-21-28-37-33(53-43(28)54-36)22-32(51-8)39-40(49)38-30(48)12-13-31(50-7)41(38)55-42(37)39/h9-10,12-13,19-20,22,24-29,34-36,43,48H,11,14-18,21,23H2,1-8H3/b10-9+/t25-,26+,27-,28-,29+,34+,35+,36+,43-,44+,45+,46+,47-/m0/s1. The van der Waals surface area contributed by atoms with Crippen LogP contribution in [-0.4, -0.2) is 49.2 Å². The molecule has 0 amide bonds. The van der Waals surface area contributed by atoms with Crippen LogP contribution in [0, 0.1) is 46.3 Å². The quantitative estimate of drug-likeness (QED) is 0.135. The average molecular weight is 783 g/mol. The summed E-state index contributed by atoms with van der Waals surface area (Å²) in [4.78, 5) is 27.5. The van der Waals surface area contributed by atoms with Crippen LogP contribution in [0.3, 0.4) is 0 Å². The van der Waals surface area contributed by atoms with E-state index in [1.54, 1.807) is 12.1 Å². The van der Waals surface area contributed by atoms with Gasteiger partial charge in [0.1, 0.15) is 44.8 Å². The molecule has 8 aliphatic rings. The highest BCUT2D eigenvalue weighted by Gasteiger charge is 2.74. The lowest BCUT2D eigenvalue weighted by atomic mass is 9.42. The Morgan fingerprint density at radius 2 is 1.70 bits per heavy atom. The van der Waals surface area contributed by atoms with Crippen molar-refractivity contribution in [1.29, 1.82) is 0 Å². The Balaban J connectivity index is 0.888. The van der Waals surface area contributed by atoms with Gasteiger partial charge in [0.15, 0.2) is 17.6 Å². The third-order valence-corrected chi connectivity index (χ3v) is 16.5. The van der Waals surface area contributed by atoms with E-state index in [0.29, 0.717) is 71.2 Å². The zero-order valence-electron chi connectivity index (χ0n) is 34.6. The topological polar surface area (TPSA) is 115 Å². The Hall–Kier alpha value is -3.57. The van der Waals surface area contributed by atoms with Crippen LogP contribution in [0.2, 0.25) is 0 Å². The highest BCUT2D eigenvalue weighted by atomic mass is 17.2. The van der Waals surface area contributed by atoms with E-state index in [-0.39, 0.29) is 45.0 Å². The molecular weight excluding hydrogens is 725 g/mol. The van der Waals surface area contributed by atoms with Crippen LogP contribution in [0.5, 0.6) is 23.0 Å². The Kier molecular flexibility index (Phi) is 8.57. The maximum absolute atomic E-state index is 14.0. The summed E-state index contributed by atoms with van der Waals surface area (Å²) in [5.74, 6) is 3.93. The Morgan fingerprint density at radius 3 is 2.44 bits per heavy atom. The van der Waals surface area contributed by atoms with Gasteiger partial charge < -0.3 is 33.2 Å². The molecule has 4 aliphatic heterocycles. The van der Waals surface area contributed by atoms with E-state index in [2.05, 4.69) is 65.8 Å². The number of phenols is 1. The Morgan fingerprint density at radius 1 is 0.895 bits per heavy atom. The molecule has 5 heterocycles. The molecule has 306 valence electrons. The van der Waals surface area contributed by atoms with E-state index in [4.69, 9.17) is 37.9 Å². The first-order chi connectivity index (χ1) is 27.3. The van der Waals surface area contributed by atoms with Crippen molar-refractivity contribution < 1.29 is 43.0 Å². The van der Waals surface area contributed by atoms with Crippen molar-refractivity contribution in [2.45, 2.75) is 129 Å². The van der Waals surface area contributed by atoms with Gasteiger partial charge >= 0.3 is 0 Å². The lowest BCUT2D eigenvalue weighted by molar-refractivity contribution is -0.498. The van der Waals surface area contributed by atoms with Gasteiger partial charge in [-0.25, -0.2) is 9.78 Å². The lowest BCUT2D eigenvalue weighted by Gasteiger charge is -2.69. The van der Waals surface area contributed by atoms with Crippen molar-refractivity contribution in [2.24, 2.45) is 46.3 Å². The summed E-state index contributed by atoms with van der Waals surface area (Å²) in [6.45, 7) is 14.4. The van der Waals surface area contributed by atoms with E-state index in [1.807, 2.05) is 0 Å². The van der Waals surface area contributed by atoms with E-state index >= 15 is 0 Å². The van der Waals surface area contributed by atoms with Crippen LogP contribution in [0.15, 0.2) is 51.7 Å². The lowest BCUT2D eigenvalue weighted by Crippen LogP contribution is -2.73. The van der Waals surface area contributed by atoms with Gasteiger partial charge in [0.25, 0.3) is 0 Å². The molecule has 11 rings (SSSR count). The molecule has 4 aliphatic carbocycles. The average Bonchev–Trinajstić information content (AvgIpc) is 3.86. The zero-order valence-corrected chi connectivity index (χ0v) is 34.6. The number of rotatable bonds is 8. The number of fused-ring (bicyclic) bond motifs is 8. The van der Waals surface area contributed by atoms with Crippen LogP contribution >= 0.6 is 0 Å². The van der Waals surface area contributed by atoms with Gasteiger partial charge in [-0.3, -0.25) is 4.79 Å². The summed E-state index contributed by atoms with van der Waals surface area (Å²) >= 11 is 0. The fourth-order valence-corrected chi connectivity index (χ4v) is 13.0. The van der Waals surface area contributed by atoms with Gasteiger partial charge in [-0.15, -0.1) is 0 Å². The summed E-state index contributed by atoms with van der Waals surface area (Å²) in [6.07, 6.45) is 16.3. The maximum Gasteiger partial charge on any atom is 0.209 e. The van der Waals surface area contributed by atoms with Crippen LogP contribution < -0.4 is 19.6 Å². The second-order valence-corrected chi connectivity index (χ2v) is 19.4. The van der Waals surface area contributed by atoms with Gasteiger partial charge in [-0.05, 0) is 85.8 Å². The minimum Gasteiger partial charge on any atom is -0.507 e. The molecule has 57 heavy (non-hydrogen) atoms. The SMILES string of the molecule is COc1ccc(O)c2c(=O)c3c(OC)cc4c(c3oc12)[C@@H]1C[C@H](O[C@H]2CC[C@]3(C)[C@H]5CC[C@]6(C)[C@@H]([C@H](C)/C=C/[C@H](C)C(C)C)CC[C@H]6[C@@]56C=C[C@]3(C2)OO6)O[C@@H]1O4. The number of ether oxygens (including phenoxy) is 5. The molecular formula is C47H58O10. The van der Waals surface area contributed by atoms with E-state index in [9.17, 15) is 9.90 Å². The number of allylic oxidation sites excluding steroid dienone is 2. The molecule has 3 saturated carbocycles. The first-order valence-electron chi connectivity index (χ1n) is 21.4. The Labute approximate surface area is 334 Å². The van der Waals surface area contributed by atoms with E-state index < -0.39 is 29.2 Å². The molecule has 10 nitrogen and oxygen atoms in total. The first kappa shape index (κ1) is 37.7. The van der Waals surface area contributed by atoms with E-state index in [1.165, 1.54) is 39.5 Å². The normalized spacial score (nSPS) is 39.8. The van der Waals surface area contributed by atoms with Crippen molar-refractivity contribution >= 4 is 21.9 Å². The number of hydrogen-bond acceptors (Lipinski definition) is 10. The predicted molar refractivity (Wildman–Crippen MR) is 214 cm³/mol. The molecule has 2 saturated heterocycles. The first-order valence-corrected chi connectivity index (χ1v) is 21.4. The van der Waals surface area contributed by atoms with Crippen LogP contribution in [0.4, 0.5) is 0 Å². The summed E-state index contributed by atoms with van der Waals surface area (Å²) in [5.41, 5.74) is -0.0225. The van der Waals surface area contributed by atoms with E-state index in [0.717, 1.165) is 24.8 Å². The van der Waals surface area contributed by atoms with Crippen molar-refractivity contribution in [1.82, 2.24) is 0 Å². The molecule has 0 radical (unpaired) electrons. The third kappa shape index (κ3) is 5.12. The maximum atomic E-state index is 14.0. The fourth-order valence-electron chi connectivity index (χ4n) is 13.0. The highest BCUT2D eigenvalue weighted by molar-refractivity contribution is 6.00. The smallest absolute Gasteiger partial charge is 0.209 e. The molecule has 13 atom stereocenters. The van der Waals surface area contributed by atoms with Gasteiger partial charge in [-0.2, -0.15) is 0 Å². The number of hydrogen-bond donors (Lipinski definition) is 1. The van der Waals surface area contributed by atoms with Crippen LogP contribution in [0.25, 0.3) is 21.9 Å². The second-order valence-electron chi connectivity index (χ2n) is 19.4. The predicted octanol–water partition coefficient (Wildman–Crippen LogP) is 9.73. The zero-order chi connectivity index (χ0) is 39.8. The Bertz CT molecular complexity index is 2240. The largest absolute Gasteiger partial charge is 0.507 e. The summed E-state index contributed by atoms with van der Waals surface area (Å²) in [7, 11) is 2.99. The summed E-state index contributed by atoms with van der Waals surface area (Å²) < 4.78 is 37.2. The number of aromatic hydroxyl groups is 1. The molecule has 1 N–H and O–H groups in total. The van der Waals surface area contributed by atoms with Gasteiger partial charge in [0.2, 0.25) is 11.7 Å². The van der Waals surface area contributed by atoms with Crippen molar-refractivity contribution in [3.8, 4) is 23.0 Å². The molecule has 1 aromatic heterocycles. The van der Waals surface area contributed by atoms with Crippen molar-refractivity contribution in [3.63, 3.8) is 0 Å². The number of methoxy groups -OCH3 is 2.